The maximum Gasteiger partial charge on any atom is 0.433 e. The maximum absolute atomic E-state index is 12.0. The van der Waals surface area contributed by atoms with Gasteiger partial charge < -0.3 is 8.83 Å². The van der Waals surface area contributed by atoms with Crippen molar-refractivity contribution in [3.8, 4) is 11.5 Å². The molecule has 0 aliphatic heterocycles. The van der Waals surface area contributed by atoms with E-state index in [1.54, 1.807) is 11.8 Å². The lowest BCUT2D eigenvalue weighted by Crippen LogP contribution is -2.11. The molecular formula is C16H14N4O5S. The summed E-state index contributed by atoms with van der Waals surface area (Å²) in [6.07, 6.45) is 0. The molecule has 1 aromatic carbocycles. The average Bonchev–Trinajstić information content (AvgIpc) is 3.24. The lowest BCUT2D eigenvalue weighted by atomic mass is 10.2. The van der Waals surface area contributed by atoms with E-state index in [0.717, 1.165) is 16.5 Å². The van der Waals surface area contributed by atoms with Gasteiger partial charge >= 0.3 is 11.9 Å². The molecule has 0 aliphatic rings. The number of hydrogen-bond acceptors (Lipinski definition) is 8. The van der Waals surface area contributed by atoms with Gasteiger partial charge in [0.1, 0.15) is 4.92 Å². The summed E-state index contributed by atoms with van der Waals surface area (Å²) in [7, 11) is 0. The lowest BCUT2D eigenvalue weighted by Gasteiger charge is -2.05. The summed E-state index contributed by atoms with van der Waals surface area (Å²) >= 11 is 1.70. The van der Waals surface area contributed by atoms with Crippen LogP contribution in [0, 0.1) is 10.1 Å². The Bertz CT molecular complexity index is 950. The summed E-state index contributed by atoms with van der Waals surface area (Å²) in [5.41, 5.74) is 0.720. The number of rotatable bonds is 6. The Morgan fingerprint density at radius 3 is 2.73 bits per heavy atom. The van der Waals surface area contributed by atoms with Crippen molar-refractivity contribution in [1.29, 1.82) is 0 Å². The van der Waals surface area contributed by atoms with Gasteiger partial charge in [-0.3, -0.25) is 20.2 Å². The number of hydrogen-bond donors (Lipinski definition) is 1. The molecule has 0 saturated carbocycles. The Kier molecular flexibility index (Phi) is 5.03. The van der Waals surface area contributed by atoms with Crippen molar-refractivity contribution >= 4 is 29.6 Å². The first-order valence-electron chi connectivity index (χ1n) is 7.58. The summed E-state index contributed by atoms with van der Waals surface area (Å²) in [6, 6.07) is 9.75. The summed E-state index contributed by atoms with van der Waals surface area (Å²) in [4.78, 5) is 22.9. The average molecular weight is 374 g/mol. The van der Waals surface area contributed by atoms with Crippen molar-refractivity contribution in [2.75, 3.05) is 5.32 Å². The van der Waals surface area contributed by atoms with E-state index in [1.165, 1.54) is 6.07 Å². The molecule has 0 unspecified atom stereocenters. The van der Waals surface area contributed by atoms with Gasteiger partial charge in [-0.05, 0) is 24.3 Å². The quantitative estimate of drug-likeness (QED) is 0.390. The van der Waals surface area contributed by atoms with Gasteiger partial charge in [-0.15, -0.1) is 16.9 Å². The molecule has 134 valence electrons. The molecule has 0 radical (unpaired) electrons. The number of nitrogens with zero attached hydrogens (tertiary/aromatic N) is 3. The fourth-order valence-corrected chi connectivity index (χ4v) is 2.97. The first-order valence-corrected chi connectivity index (χ1v) is 8.46. The second-order valence-electron chi connectivity index (χ2n) is 5.46. The molecule has 1 N–H and O–H groups in total. The molecule has 0 atom stereocenters. The fraction of sp³-hybridized carbons (Fsp3) is 0.188. The summed E-state index contributed by atoms with van der Waals surface area (Å²) in [6.45, 7) is 4.19. The molecule has 2 aromatic heterocycles. The maximum atomic E-state index is 12.0. The Labute approximate surface area is 151 Å². The van der Waals surface area contributed by atoms with Gasteiger partial charge in [-0.1, -0.05) is 25.0 Å². The Morgan fingerprint density at radius 1 is 1.23 bits per heavy atom. The minimum absolute atomic E-state index is 0.133. The van der Waals surface area contributed by atoms with Crippen molar-refractivity contribution in [2.24, 2.45) is 0 Å². The molecule has 9 nitrogen and oxygen atoms in total. The van der Waals surface area contributed by atoms with Crippen LogP contribution >= 0.6 is 11.8 Å². The van der Waals surface area contributed by atoms with Crippen LogP contribution in [0.3, 0.4) is 0 Å². The van der Waals surface area contributed by atoms with Gasteiger partial charge in [0.25, 0.3) is 5.91 Å². The molecule has 0 spiro atoms. The number of aromatic nitrogens is 2. The Hall–Kier alpha value is -3.14. The standard InChI is InChI=1S/C16H14N4O5S/c1-9(2)26-11-5-3-4-10(8-11)15-18-19-16(25-15)17-14(21)12-6-7-13(24-12)20(22)23/h3-9H,1-2H3,(H,17,19,21). The molecule has 10 heteroatoms. The van der Waals surface area contributed by atoms with Gasteiger partial charge in [0.15, 0.2) is 5.76 Å². The largest absolute Gasteiger partial charge is 0.433 e. The zero-order chi connectivity index (χ0) is 18.7. The van der Waals surface area contributed by atoms with E-state index in [0.29, 0.717) is 5.25 Å². The van der Waals surface area contributed by atoms with E-state index in [1.807, 2.05) is 24.3 Å². The molecule has 3 rings (SSSR count). The number of benzene rings is 1. The second kappa shape index (κ2) is 7.40. The number of carbonyl (C=O) groups excluding carboxylic acids is 1. The molecule has 1 amide bonds. The van der Waals surface area contributed by atoms with Crippen LogP contribution < -0.4 is 5.32 Å². The summed E-state index contributed by atoms with van der Waals surface area (Å²) < 4.78 is 10.3. The number of anilines is 1. The number of amides is 1. The van der Waals surface area contributed by atoms with Gasteiger partial charge in [-0.25, -0.2) is 0 Å². The third-order valence-electron chi connectivity index (χ3n) is 3.09. The highest BCUT2D eigenvalue weighted by atomic mass is 32.2. The van der Waals surface area contributed by atoms with Crippen molar-refractivity contribution in [2.45, 2.75) is 24.0 Å². The lowest BCUT2D eigenvalue weighted by molar-refractivity contribution is -0.402. The molecule has 0 bridgehead atoms. The van der Waals surface area contributed by atoms with E-state index >= 15 is 0 Å². The normalized spacial score (nSPS) is 10.9. The molecule has 0 saturated heterocycles. The van der Waals surface area contributed by atoms with Crippen molar-refractivity contribution in [1.82, 2.24) is 10.2 Å². The smallest absolute Gasteiger partial charge is 0.403 e. The predicted octanol–water partition coefficient (Wildman–Crippen LogP) is 3.99. The summed E-state index contributed by atoms with van der Waals surface area (Å²) in [5.74, 6) is -1.23. The highest BCUT2D eigenvalue weighted by molar-refractivity contribution is 7.99. The van der Waals surface area contributed by atoms with E-state index < -0.39 is 16.7 Å². The second-order valence-corrected chi connectivity index (χ2v) is 7.11. The highest BCUT2D eigenvalue weighted by Gasteiger charge is 2.19. The van der Waals surface area contributed by atoms with Gasteiger partial charge in [0.05, 0.1) is 6.07 Å². The Balaban J connectivity index is 1.73. The van der Waals surface area contributed by atoms with Gasteiger partial charge in [0, 0.05) is 15.7 Å². The van der Waals surface area contributed by atoms with Crippen molar-refractivity contribution < 1.29 is 18.6 Å². The molecule has 26 heavy (non-hydrogen) atoms. The summed E-state index contributed by atoms with van der Waals surface area (Å²) in [5, 5.41) is 21.0. The minimum atomic E-state index is -0.732. The molecule has 0 aliphatic carbocycles. The molecular weight excluding hydrogens is 360 g/mol. The molecule has 0 fully saturated rings. The third kappa shape index (κ3) is 4.09. The SMILES string of the molecule is CC(C)Sc1cccc(-c2nnc(NC(=O)c3ccc([N+](=O)[O-])o3)o2)c1. The van der Waals surface area contributed by atoms with E-state index in [2.05, 4.69) is 29.4 Å². The first kappa shape index (κ1) is 17.7. The van der Waals surface area contributed by atoms with Crippen LogP contribution in [0.15, 0.2) is 50.1 Å². The van der Waals surface area contributed by atoms with Crippen LogP contribution in [0.2, 0.25) is 0 Å². The van der Waals surface area contributed by atoms with Crippen LogP contribution in [0.4, 0.5) is 11.9 Å². The van der Waals surface area contributed by atoms with E-state index in [-0.39, 0.29) is 17.7 Å². The molecule has 3 aromatic rings. The van der Waals surface area contributed by atoms with Crippen LogP contribution in [0.1, 0.15) is 24.4 Å². The number of nitro groups is 1. The minimum Gasteiger partial charge on any atom is -0.403 e. The zero-order valence-corrected chi connectivity index (χ0v) is 14.6. The highest BCUT2D eigenvalue weighted by Crippen LogP contribution is 2.28. The number of carbonyl (C=O) groups is 1. The van der Waals surface area contributed by atoms with Gasteiger partial charge in [0.2, 0.25) is 5.89 Å². The van der Waals surface area contributed by atoms with E-state index in [4.69, 9.17) is 8.83 Å². The predicted molar refractivity (Wildman–Crippen MR) is 94.0 cm³/mol. The number of furan rings is 1. The number of thioether (sulfide) groups is 1. The third-order valence-corrected chi connectivity index (χ3v) is 4.09. The topological polar surface area (TPSA) is 124 Å². The Morgan fingerprint density at radius 2 is 2.04 bits per heavy atom. The van der Waals surface area contributed by atoms with Crippen LogP contribution in [0.5, 0.6) is 0 Å². The van der Waals surface area contributed by atoms with Gasteiger partial charge in [-0.2, -0.15) is 0 Å². The monoisotopic (exact) mass is 374 g/mol. The zero-order valence-electron chi connectivity index (χ0n) is 13.8. The first-order chi connectivity index (χ1) is 12.4. The fourth-order valence-electron chi connectivity index (χ4n) is 2.07. The van der Waals surface area contributed by atoms with Crippen LogP contribution in [0.25, 0.3) is 11.5 Å². The van der Waals surface area contributed by atoms with Crippen molar-refractivity contribution in [3.63, 3.8) is 0 Å². The van der Waals surface area contributed by atoms with E-state index in [9.17, 15) is 14.9 Å². The van der Waals surface area contributed by atoms with Crippen LogP contribution in [-0.4, -0.2) is 26.3 Å². The van der Waals surface area contributed by atoms with Crippen molar-refractivity contribution in [3.05, 3.63) is 52.3 Å². The molecule has 2 heterocycles. The van der Waals surface area contributed by atoms with Crippen LogP contribution in [-0.2, 0) is 0 Å². The number of nitrogens with one attached hydrogen (secondary N) is 1.